The molecule has 0 aliphatic rings. The van der Waals surface area contributed by atoms with Gasteiger partial charge < -0.3 is 5.11 Å². The van der Waals surface area contributed by atoms with Crippen molar-refractivity contribution in [3.63, 3.8) is 0 Å². The summed E-state index contributed by atoms with van der Waals surface area (Å²) in [5.74, 6) is -0.824. The van der Waals surface area contributed by atoms with E-state index >= 15 is 0 Å². The maximum Gasteiger partial charge on any atom is 0.330 e. The second-order valence-electron chi connectivity index (χ2n) is 4.46. The predicted molar refractivity (Wildman–Crippen MR) is 73.0 cm³/mol. The van der Waals surface area contributed by atoms with Crippen molar-refractivity contribution in [3.05, 3.63) is 34.9 Å². The Hall–Kier alpha value is -1.31. The van der Waals surface area contributed by atoms with E-state index in [1.165, 1.54) is 11.1 Å². The van der Waals surface area contributed by atoms with E-state index in [0.29, 0.717) is 5.57 Å². The molecule has 0 aliphatic carbocycles. The Kier molecular flexibility index (Phi) is 8.12. The molecule has 0 aromatic heterocycles. The highest BCUT2D eigenvalue weighted by atomic mass is 16.4. The molecule has 0 atom stereocenters. The fourth-order valence-electron chi connectivity index (χ4n) is 1.40. The number of rotatable bonds is 7. The molecule has 0 aromatic rings. The third kappa shape index (κ3) is 8.49. The van der Waals surface area contributed by atoms with Crippen LogP contribution in [0.2, 0.25) is 0 Å². The van der Waals surface area contributed by atoms with Gasteiger partial charge in [-0.1, -0.05) is 29.4 Å². The van der Waals surface area contributed by atoms with Crippen LogP contribution in [0.3, 0.4) is 0 Å². The van der Waals surface area contributed by atoms with Crippen molar-refractivity contribution in [3.8, 4) is 0 Å². The molecule has 0 saturated heterocycles. The first kappa shape index (κ1) is 15.7. The van der Waals surface area contributed by atoms with Gasteiger partial charge in [0.2, 0.25) is 0 Å². The highest BCUT2D eigenvalue weighted by Gasteiger charge is 1.98. The van der Waals surface area contributed by atoms with Gasteiger partial charge in [0, 0.05) is 5.57 Å². The van der Waals surface area contributed by atoms with Gasteiger partial charge in [0.05, 0.1) is 0 Å². The molecule has 0 bridgehead atoms. The van der Waals surface area contributed by atoms with E-state index in [4.69, 9.17) is 5.11 Å². The average Bonchev–Trinajstić information content (AvgIpc) is 2.28. The lowest BCUT2D eigenvalue weighted by Crippen LogP contribution is -1.95. The van der Waals surface area contributed by atoms with E-state index in [9.17, 15) is 4.79 Å². The molecule has 2 heteroatoms. The van der Waals surface area contributed by atoms with Crippen LogP contribution in [0.5, 0.6) is 0 Å². The molecule has 2 nitrogen and oxygen atoms in total. The largest absolute Gasteiger partial charge is 0.478 e. The molecule has 0 aliphatic heterocycles. The van der Waals surface area contributed by atoms with Gasteiger partial charge >= 0.3 is 5.97 Å². The van der Waals surface area contributed by atoms with Gasteiger partial charge in [-0.05, 0) is 53.4 Å². The van der Waals surface area contributed by atoms with Crippen LogP contribution in [0.4, 0.5) is 0 Å². The molecule has 17 heavy (non-hydrogen) atoms. The van der Waals surface area contributed by atoms with Crippen molar-refractivity contribution >= 4 is 5.97 Å². The monoisotopic (exact) mass is 236 g/mol. The van der Waals surface area contributed by atoms with E-state index in [2.05, 4.69) is 32.9 Å². The normalized spacial score (nSPS) is 14.0. The van der Waals surface area contributed by atoms with Gasteiger partial charge in [-0.3, -0.25) is 0 Å². The van der Waals surface area contributed by atoms with Crippen LogP contribution < -0.4 is 0 Å². The van der Waals surface area contributed by atoms with E-state index < -0.39 is 5.97 Å². The Balaban J connectivity index is 3.94. The lowest BCUT2D eigenvalue weighted by Gasteiger charge is -2.00. The van der Waals surface area contributed by atoms with Crippen LogP contribution in [0.25, 0.3) is 0 Å². The smallest absolute Gasteiger partial charge is 0.330 e. The molecule has 0 unspecified atom stereocenters. The quantitative estimate of drug-likeness (QED) is 0.522. The topological polar surface area (TPSA) is 37.3 Å². The number of aliphatic carboxylic acids is 1. The number of carboxylic acids is 1. The minimum Gasteiger partial charge on any atom is -0.478 e. The number of carbonyl (C=O) groups is 1. The molecule has 0 saturated carbocycles. The minimum absolute atomic E-state index is 0.433. The fraction of sp³-hybridized carbons (Fsp3) is 0.533. The molecular formula is C15H24O2. The number of hydrogen-bond acceptors (Lipinski definition) is 1. The maximum absolute atomic E-state index is 10.6. The lowest BCUT2D eigenvalue weighted by atomic mass is 10.1. The Bertz CT molecular complexity index is 333. The molecule has 0 radical (unpaired) electrons. The first-order valence-electron chi connectivity index (χ1n) is 6.14. The molecule has 0 rings (SSSR count). The molecule has 0 aromatic carbocycles. The van der Waals surface area contributed by atoms with Gasteiger partial charge in [0.1, 0.15) is 0 Å². The summed E-state index contributed by atoms with van der Waals surface area (Å²) in [6, 6.07) is 0. The molecule has 0 heterocycles. The average molecular weight is 236 g/mol. The summed E-state index contributed by atoms with van der Waals surface area (Å²) in [4.78, 5) is 10.6. The van der Waals surface area contributed by atoms with E-state index in [1.807, 2.05) is 0 Å². The van der Waals surface area contributed by atoms with E-state index in [0.717, 1.165) is 25.7 Å². The third-order valence-corrected chi connectivity index (χ3v) is 2.85. The van der Waals surface area contributed by atoms with Gasteiger partial charge in [-0.2, -0.15) is 0 Å². The number of hydrogen-bond donors (Lipinski definition) is 1. The van der Waals surface area contributed by atoms with Crippen molar-refractivity contribution in [1.82, 2.24) is 0 Å². The van der Waals surface area contributed by atoms with Crippen LogP contribution in [-0.4, -0.2) is 11.1 Å². The van der Waals surface area contributed by atoms with E-state index in [-0.39, 0.29) is 0 Å². The summed E-state index contributed by atoms with van der Waals surface area (Å²) in [7, 11) is 0. The number of carboxylic acid groups (broad SMARTS) is 1. The second-order valence-corrected chi connectivity index (χ2v) is 4.46. The lowest BCUT2D eigenvalue weighted by molar-refractivity contribution is -0.132. The van der Waals surface area contributed by atoms with Gasteiger partial charge in [-0.25, -0.2) is 4.79 Å². The molecular weight excluding hydrogens is 212 g/mol. The summed E-state index contributed by atoms with van der Waals surface area (Å²) in [5.41, 5.74) is 3.18. The van der Waals surface area contributed by atoms with Crippen LogP contribution in [0.15, 0.2) is 34.9 Å². The molecule has 1 N–H and O–H groups in total. The Morgan fingerprint density at radius 1 is 1.00 bits per heavy atom. The predicted octanol–water partition coefficient (Wildman–Crippen LogP) is 4.49. The van der Waals surface area contributed by atoms with Crippen molar-refractivity contribution in [2.75, 3.05) is 0 Å². The summed E-state index contributed by atoms with van der Waals surface area (Å²) >= 11 is 0. The first-order chi connectivity index (χ1) is 7.97. The highest BCUT2D eigenvalue weighted by molar-refractivity contribution is 5.85. The molecule has 96 valence electrons. The molecule has 0 fully saturated rings. The Morgan fingerprint density at radius 2 is 1.53 bits per heavy atom. The molecule has 0 spiro atoms. The van der Waals surface area contributed by atoms with Gasteiger partial charge in [0.25, 0.3) is 0 Å². The zero-order chi connectivity index (χ0) is 13.3. The number of allylic oxidation sites excluding steroid dienone is 5. The summed E-state index contributed by atoms with van der Waals surface area (Å²) in [5, 5.41) is 8.69. The maximum atomic E-state index is 10.6. The zero-order valence-corrected chi connectivity index (χ0v) is 11.4. The Morgan fingerprint density at radius 3 is 2.06 bits per heavy atom. The fourth-order valence-corrected chi connectivity index (χ4v) is 1.40. The van der Waals surface area contributed by atoms with Crippen molar-refractivity contribution in [1.29, 1.82) is 0 Å². The van der Waals surface area contributed by atoms with Crippen LogP contribution >= 0.6 is 0 Å². The minimum atomic E-state index is -0.824. The second kappa shape index (κ2) is 8.80. The summed E-state index contributed by atoms with van der Waals surface area (Å²) < 4.78 is 0. The molecule has 0 amide bonds. The summed E-state index contributed by atoms with van der Waals surface area (Å²) in [6.45, 7) is 7.94. The third-order valence-electron chi connectivity index (χ3n) is 2.85. The summed E-state index contributed by atoms with van der Waals surface area (Å²) in [6.07, 6.45) is 10.1. The Labute approximate surface area is 105 Å². The SMILES string of the molecule is CC=C(C)CCC=C(C)CCC=C(C)C(=O)O. The van der Waals surface area contributed by atoms with Crippen LogP contribution in [-0.2, 0) is 4.79 Å². The first-order valence-corrected chi connectivity index (χ1v) is 6.14. The van der Waals surface area contributed by atoms with Crippen LogP contribution in [0, 0.1) is 0 Å². The van der Waals surface area contributed by atoms with Crippen molar-refractivity contribution < 1.29 is 9.90 Å². The van der Waals surface area contributed by atoms with Gasteiger partial charge in [0.15, 0.2) is 0 Å². The standard InChI is InChI=1S/C15H24O2/c1-5-12(2)8-6-9-13(3)10-7-11-14(4)15(16)17/h5,9,11H,6-8,10H2,1-4H3,(H,16,17). The highest BCUT2D eigenvalue weighted by Crippen LogP contribution is 2.11. The van der Waals surface area contributed by atoms with Crippen molar-refractivity contribution in [2.24, 2.45) is 0 Å². The zero-order valence-electron chi connectivity index (χ0n) is 11.4. The van der Waals surface area contributed by atoms with Crippen LogP contribution in [0.1, 0.15) is 53.4 Å². The van der Waals surface area contributed by atoms with Crippen molar-refractivity contribution in [2.45, 2.75) is 53.4 Å². The van der Waals surface area contributed by atoms with Gasteiger partial charge in [-0.15, -0.1) is 0 Å². The van der Waals surface area contributed by atoms with E-state index in [1.54, 1.807) is 13.0 Å².